The third-order valence-electron chi connectivity index (χ3n) is 3.51. The van der Waals surface area contributed by atoms with Crippen LogP contribution in [-0.4, -0.2) is 29.3 Å². The minimum atomic E-state index is 0.484. The first-order valence-corrected chi connectivity index (χ1v) is 7.16. The molecule has 0 bridgehead atoms. The lowest BCUT2D eigenvalue weighted by Crippen LogP contribution is -2.37. The molecule has 102 valence electrons. The second-order valence-corrected chi connectivity index (χ2v) is 5.82. The third kappa shape index (κ3) is 3.56. The molecule has 1 aromatic rings. The van der Waals surface area contributed by atoms with Crippen LogP contribution < -0.4 is 10.6 Å². The lowest BCUT2D eigenvalue weighted by atomic mass is 10.2. The summed E-state index contributed by atoms with van der Waals surface area (Å²) in [5.41, 5.74) is 4.04. The van der Waals surface area contributed by atoms with Gasteiger partial charge in [0.15, 0.2) is 0 Å². The van der Waals surface area contributed by atoms with Crippen molar-refractivity contribution in [2.45, 2.75) is 52.6 Å². The molecule has 3 N–H and O–H groups in total. The van der Waals surface area contributed by atoms with E-state index in [0.29, 0.717) is 12.0 Å². The molecule has 0 aliphatic heterocycles. The zero-order valence-corrected chi connectivity index (χ0v) is 11.8. The molecule has 2 rings (SSSR count). The molecule has 4 nitrogen and oxygen atoms in total. The van der Waals surface area contributed by atoms with Gasteiger partial charge in [-0.05, 0) is 44.2 Å². The van der Waals surface area contributed by atoms with Crippen molar-refractivity contribution in [1.82, 2.24) is 20.8 Å². The Hall–Kier alpha value is -0.870. The largest absolute Gasteiger partial charge is 0.315 e. The van der Waals surface area contributed by atoms with E-state index in [1.54, 1.807) is 0 Å². The first kappa shape index (κ1) is 13.6. The molecule has 0 aromatic carbocycles. The van der Waals surface area contributed by atoms with Crippen molar-refractivity contribution in [3.63, 3.8) is 0 Å². The molecule has 0 saturated carbocycles. The summed E-state index contributed by atoms with van der Waals surface area (Å²) >= 11 is 0. The van der Waals surface area contributed by atoms with Gasteiger partial charge in [0.05, 0.1) is 5.69 Å². The highest BCUT2D eigenvalue weighted by atomic mass is 15.1. The van der Waals surface area contributed by atoms with Crippen LogP contribution in [0.1, 0.15) is 44.1 Å². The smallest absolute Gasteiger partial charge is 0.0794 e. The topological polar surface area (TPSA) is 52.7 Å². The van der Waals surface area contributed by atoms with E-state index in [4.69, 9.17) is 0 Å². The Morgan fingerprint density at radius 2 is 2.06 bits per heavy atom. The molecule has 1 aliphatic carbocycles. The van der Waals surface area contributed by atoms with Gasteiger partial charge in [-0.2, -0.15) is 5.10 Å². The van der Waals surface area contributed by atoms with Gasteiger partial charge < -0.3 is 10.6 Å². The molecule has 0 radical (unpaired) electrons. The highest BCUT2D eigenvalue weighted by Crippen LogP contribution is 2.22. The van der Waals surface area contributed by atoms with Gasteiger partial charge >= 0.3 is 0 Å². The molecule has 4 heteroatoms. The van der Waals surface area contributed by atoms with Crippen LogP contribution in [-0.2, 0) is 19.4 Å². The quantitative estimate of drug-likeness (QED) is 0.689. The number of hydrogen-bond donors (Lipinski definition) is 3. The van der Waals surface area contributed by atoms with Crippen molar-refractivity contribution in [1.29, 1.82) is 0 Å². The molecule has 0 spiro atoms. The van der Waals surface area contributed by atoms with E-state index in [2.05, 4.69) is 41.6 Å². The standard InChI is InChI=1S/C14H26N4/c1-10(2)7-15-8-11(3)16-9-14-12-5-4-6-13(12)17-18-14/h10-11,15-16H,4-9H2,1-3H3,(H,17,18). The first-order valence-electron chi connectivity index (χ1n) is 7.16. The molecule has 0 saturated heterocycles. The van der Waals surface area contributed by atoms with Crippen LogP contribution in [0.4, 0.5) is 0 Å². The molecule has 1 unspecified atom stereocenters. The van der Waals surface area contributed by atoms with Gasteiger partial charge in [-0.15, -0.1) is 0 Å². The van der Waals surface area contributed by atoms with E-state index in [9.17, 15) is 0 Å². The van der Waals surface area contributed by atoms with Crippen LogP contribution >= 0.6 is 0 Å². The van der Waals surface area contributed by atoms with Gasteiger partial charge in [-0.1, -0.05) is 13.8 Å². The fourth-order valence-corrected chi connectivity index (χ4v) is 2.47. The molecular weight excluding hydrogens is 224 g/mol. The maximum atomic E-state index is 4.41. The Morgan fingerprint density at radius 1 is 1.22 bits per heavy atom. The van der Waals surface area contributed by atoms with Crippen LogP contribution in [0.25, 0.3) is 0 Å². The van der Waals surface area contributed by atoms with Gasteiger partial charge in [0.25, 0.3) is 0 Å². The van der Waals surface area contributed by atoms with Gasteiger partial charge in [-0.25, -0.2) is 0 Å². The summed E-state index contributed by atoms with van der Waals surface area (Å²) in [5.74, 6) is 0.715. The molecule has 18 heavy (non-hydrogen) atoms. The summed E-state index contributed by atoms with van der Waals surface area (Å²) < 4.78 is 0. The van der Waals surface area contributed by atoms with Crippen molar-refractivity contribution >= 4 is 0 Å². The van der Waals surface area contributed by atoms with Crippen LogP contribution in [0, 0.1) is 5.92 Å². The third-order valence-corrected chi connectivity index (χ3v) is 3.51. The molecule has 1 atom stereocenters. The van der Waals surface area contributed by atoms with Crippen LogP contribution in [0.5, 0.6) is 0 Å². The summed E-state index contributed by atoms with van der Waals surface area (Å²) in [5, 5.41) is 14.6. The number of aromatic amines is 1. The number of hydrogen-bond acceptors (Lipinski definition) is 3. The first-order chi connectivity index (χ1) is 8.66. The lowest BCUT2D eigenvalue weighted by Gasteiger charge is -2.15. The summed E-state index contributed by atoms with van der Waals surface area (Å²) in [6.45, 7) is 9.68. The number of aromatic nitrogens is 2. The van der Waals surface area contributed by atoms with Crippen molar-refractivity contribution < 1.29 is 0 Å². The Kier molecular flexibility index (Phi) is 4.78. The minimum absolute atomic E-state index is 0.484. The predicted octanol–water partition coefficient (Wildman–Crippen LogP) is 1.62. The summed E-state index contributed by atoms with van der Waals surface area (Å²) in [6.07, 6.45) is 3.65. The molecule has 0 amide bonds. The van der Waals surface area contributed by atoms with E-state index < -0.39 is 0 Å². The molecular formula is C14H26N4. The number of aryl methyl sites for hydroxylation is 1. The highest BCUT2D eigenvalue weighted by Gasteiger charge is 2.18. The minimum Gasteiger partial charge on any atom is -0.315 e. The van der Waals surface area contributed by atoms with Crippen molar-refractivity contribution in [2.24, 2.45) is 5.92 Å². The lowest BCUT2D eigenvalue weighted by molar-refractivity contribution is 0.469. The Bertz CT molecular complexity index is 370. The Balaban J connectivity index is 1.70. The number of H-pyrrole nitrogens is 1. The summed E-state index contributed by atoms with van der Waals surface area (Å²) in [6, 6.07) is 0.484. The SMILES string of the molecule is CC(C)CNCC(C)NCc1n[nH]c2c1CCC2. The zero-order valence-electron chi connectivity index (χ0n) is 11.8. The summed E-state index contributed by atoms with van der Waals surface area (Å²) in [7, 11) is 0. The van der Waals surface area contributed by atoms with E-state index in [0.717, 1.165) is 19.6 Å². The number of nitrogens with zero attached hydrogens (tertiary/aromatic N) is 1. The van der Waals surface area contributed by atoms with Crippen LogP contribution in [0.3, 0.4) is 0 Å². The maximum Gasteiger partial charge on any atom is 0.0794 e. The molecule has 1 aliphatic rings. The fraction of sp³-hybridized carbons (Fsp3) is 0.786. The molecule has 1 heterocycles. The average Bonchev–Trinajstić information content (AvgIpc) is 2.88. The van der Waals surface area contributed by atoms with E-state index in [1.165, 1.54) is 36.2 Å². The van der Waals surface area contributed by atoms with Crippen LogP contribution in [0.15, 0.2) is 0 Å². The summed E-state index contributed by atoms with van der Waals surface area (Å²) in [4.78, 5) is 0. The van der Waals surface area contributed by atoms with Crippen molar-refractivity contribution in [2.75, 3.05) is 13.1 Å². The second-order valence-electron chi connectivity index (χ2n) is 5.82. The van der Waals surface area contributed by atoms with E-state index in [-0.39, 0.29) is 0 Å². The Labute approximate surface area is 110 Å². The Morgan fingerprint density at radius 3 is 2.83 bits per heavy atom. The van der Waals surface area contributed by atoms with Gasteiger partial charge in [0.2, 0.25) is 0 Å². The van der Waals surface area contributed by atoms with Crippen molar-refractivity contribution in [3.05, 3.63) is 17.0 Å². The molecule has 0 fully saturated rings. The number of nitrogens with one attached hydrogen (secondary N) is 3. The number of rotatable bonds is 7. The van der Waals surface area contributed by atoms with E-state index in [1.807, 2.05) is 0 Å². The monoisotopic (exact) mass is 250 g/mol. The fourth-order valence-electron chi connectivity index (χ4n) is 2.47. The van der Waals surface area contributed by atoms with Gasteiger partial charge in [0, 0.05) is 24.8 Å². The van der Waals surface area contributed by atoms with Crippen LogP contribution in [0.2, 0.25) is 0 Å². The predicted molar refractivity (Wildman–Crippen MR) is 74.6 cm³/mol. The normalized spacial score (nSPS) is 16.2. The average molecular weight is 250 g/mol. The zero-order chi connectivity index (χ0) is 13.0. The van der Waals surface area contributed by atoms with Crippen molar-refractivity contribution in [3.8, 4) is 0 Å². The maximum absolute atomic E-state index is 4.41. The van der Waals surface area contributed by atoms with Gasteiger partial charge in [0.1, 0.15) is 0 Å². The second kappa shape index (κ2) is 6.34. The van der Waals surface area contributed by atoms with E-state index >= 15 is 0 Å². The highest BCUT2D eigenvalue weighted by molar-refractivity contribution is 5.29. The number of fused-ring (bicyclic) bond motifs is 1. The molecule has 1 aromatic heterocycles. The van der Waals surface area contributed by atoms with Gasteiger partial charge in [-0.3, -0.25) is 5.10 Å².